The molecule has 2 aliphatic heterocycles. The number of hydrogen-bond acceptors (Lipinski definition) is 2. The van der Waals surface area contributed by atoms with E-state index in [2.05, 4.69) is 79.4 Å². The Morgan fingerprint density at radius 3 is 2.67 bits per heavy atom. The SMILES string of the molecule is CC(C)=CCN1CCC2(c3ccccc3)Oc3ccccc3C2C1. The molecule has 24 heavy (non-hydrogen) atoms. The summed E-state index contributed by atoms with van der Waals surface area (Å²) in [5.74, 6) is 1.46. The van der Waals surface area contributed by atoms with Crippen LogP contribution in [-0.4, -0.2) is 24.5 Å². The average molecular weight is 319 g/mol. The van der Waals surface area contributed by atoms with E-state index in [0.29, 0.717) is 5.92 Å². The van der Waals surface area contributed by atoms with Gasteiger partial charge in [0.05, 0.1) is 0 Å². The maximum atomic E-state index is 6.62. The second-order valence-corrected chi connectivity index (χ2v) is 7.24. The van der Waals surface area contributed by atoms with Crippen molar-refractivity contribution in [2.45, 2.75) is 31.8 Å². The Balaban J connectivity index is 1.71. The van der Waals surface area contributed by atoms with Crippen LogP contribution in [0.15, 0.2) is 66.2 Å². The van der Waals surface area contributed by atoms with Crippen molar-refractivity contribution in [3.05, 3.63) is 77.4 Å². The first-order chi connectivity index (χ1) is 11.7. The zero-order valence-electron chi connectivity index (χ0n) is 14.5. The van der Waals surface area contributed by atoms with Crippen LogP contribution in [-0.2, 0) is 5.60 Å². The Kier molecular flexibility index (Phi) is 3.93. The van der Waals surface area contributed by atoms with E-state index < -0.39 is 0 Å². The molecule has 2 heterocycles. The number of likely N-dealkylation sites (tertiary alicyclic amines) is 1. The third-order valence-corrected chi connectivity index (χ3v) is 5.41. The maximum absolute atomic E-state index is 6.62. The molecule has 0 saturated carbocycles. The molecule has 0 N–H and O–H groups in total. The van der Waals surface area contributed by atoms with Gasteiger partial charge in [0.25, 0.3) is 0 Å². The third kappa shape index (κ3) is 2.55. The Hall–Kier alpha value is -2.06. The molecule has 0 amide bonds. The molecule has 2 nitrogen and oxygen atoms in total. The van der Waals surface area contributed by atoms with Gasteiger partial charge in [-0.15, -0.1) is 0 Å². The minimum absolute atomic E-state index is 0.202. The number of para-hydroxylation sites is 1. The first-order valence-corrected chi connectivity index (χ1v) is 8.88. The van der Waals surface area contributed by atoms with Crippen LogP contribution in [0, 0.1) is 0 Å². The number of ether oxygens (including phenoxy) is 1. The van der Waals surface area contributed by atoms with Crippen molar-refractivity contribution < 1.29 is 4.74 Å². The number of benzene rings is 2. The van der Waals surface area contributed by atoms with Crippen molar-refractivity contribution in [3.63, 3.8) is 0 Å². The number of fused-ring (bicyclic) bond motifs is 3. The molecule has 2 aromatic rings. The molecule has 1 fully saturated rings. The fraction of sp³-hybridized carbons (Fsp3) is 0.364. The van der Waals surface area contributed by atoms with Gasteiger partial charge in [-0.1, -0.05) is 60.2 Å². The summed E-state index contributed by atoms with van der Waals surface area (Å²) in [4.78, 5) is 2.56. The first kappa shape index (κ1) is 15.5. The fourth-order valence-electron chi connectivity index (χ4n) is 4.13. The quantitative estimate of drug-likeness (QED) is 0.758. The number of piperidine rings is 1. The lowest BCUT2D eigenvalue weighted by Gasteiger charge is -2.43. The number of nitrogens with zero attached hydrogens (tertiary/aromatic N) is 1. The molecule has 2 aliphatic rings. The lowest BCUT2D eigenvalue weighted by molar-refractivity contribution is 0.00300. The minimum Gasteiger partial charge on any atom is -0.482 e. The summed E-state index contributed by atoms with van der Waals surface area (Å²) < 4.78 is 6.62. The Morgan fingerprint density at radius 1 is 1.12 bits per heavy atom. The summed E-state index contributed by atoms with van der Waals surface area (Å²) >= 11 is 0. The van der Waals surface area contributed by atoms with E-state index in [1.165, 1.54) is 16.7 Å². The average Bonchev–Trinajstić information content (AvgIpc) is 2.96. The van der Waals surface area contributed by atoms with Crippen molar-refractivity contribution in [1.29, 1.82) is 0 Å². The Bertz CT molecular complexity index is 748. The fourth-order valence-corrected chi connectivity index (χ4v) is 4.13. The Labute approximate surface area is 144 Å². The van der Waals surface area contributed by atoms with Crippen LogP contribution in [0.25, 0.3) is 0 Å². The van der Waals surface area contributed by atoms with E-state index >= 15 is 0 Å². The van der Waals surface area contributed by atoms with Gasteiger partial charge in [0.1, 0.15) is 11.4 Å². The molecule has 0 bridgehead atoms. The minimum atomic E-state index is -0.202. The van der Waals surface area contributed by atoms with Gasteiger partial charge in [-0.05, 0) is 25.5 Å². The second-order valence-electron chi connectivity index (χ2n) is 7.24. The topological polar surface area (TPSA) is 12.5 Å². The summed E-state index contributed by atoms with van der Waals surface area (Å²) in [7, 11) is 0. The highest BCUT2D eigenvalue weighted by atomic mass is 16.5. The van der Waals surface area contributed by atoms with Crippen LogP contribution in [0.1, 0.15) is 37.3 Å². The first-order valence-electron chi connectivity index (χ1n) is 8.88. The van der Waals surface area contributed by atoms with Gasteiger partial charge in [-0.25, -0.2) is 0 Å². The van der Waals surface area contributed by atoms with Crippen LogP contribution in [0.2, 0.25) is 0 Å². The van der Waals surface area contributed by atoms with Crippen molar-refractivity contribution >= 4 is 0 Å². The van der Waals surface area contributed by atoms with Gasteiger partial charge in [0.2, 0.25) is 0 Å². The largest absolute Gasteiger partial charge is 0.482 e. The summed E-state index contributed by atoms with van der Waals surface area (Å²) in [5, 5.41) is 0. The summed E-state index contributed by atoms with van der Waals surface area (Å²) in [6.07, 6.45) is 3.37. The molecule has 0 aliphatic carbocycles. The van der Waals surface area contributed by atoms with Crippen LogP contribution in [0.5, 0.6) is 5.75 Å². The number of rotatable bonds is 3. The third-order valence-electron chi connectivity index (χ3n) is 5.41. The standard InChI is InChI=1S/C22H25NO/c1-17(2)12-14-23-15-13-22(18-8-4-3-5-9-18)20(16-23)19-10-6-7-11-21(19)24-22/h3-12,20H,13-16H2,1-2H3. The maximum Gasteiger partial charge on any atom is 0.143 e. The number of hydrogen-bond donors (Lipinski definition) is 0. The molecular formula is C22H25NO. The van der Waals surface area contributed by atoms with Crippen LogP contribution < -0.4 is 4.74 Å². The van der Waals surface area contributed by atoms with E-state index in [-0.39, 0.29) is 5.60 Å². The van der Waals surface area contributed by atoms with Gasteiger partial charge in [0.15, 0.2) is 0 Å². The molecule has 0 spiro atoms. The van der Waals surface area contributed by atoms with E-state index in [4.69, 9.17) is 4.74 Å². The zero-order chi connectivity index (χ0) is 16.6. The second kappa shape index (κ2) is 6.10. The van der Waals surface area contributed by atoms with E-state index in [1.807, 2.05) is 0 Å². The van der Waals surface area contributed by atoms with Crippen molar-refractivity contribution in [3.8, 4) is 5.75 Å². The van der Waals surface area contributed by atoms with E-state index in [1.54, 1.807) is 0 Å². The van der Waals surface area contributed by atoms with Gasteiger partial charge < -0.3 is 4.74 Å². The van der Waals surface area contributed by atoms with Crippen LogP contribution >= 0.6 is 0 Å². The Morgan fingerprint density at radius 2 is 1.88 bits per heavy atom. The molecule has 2 atom stereocenters. The highest BCUT2D eigenvalue weighted by molar-refractivity contribution is 5.47. The molecule has 2 heteroatoms. The van der Waals surface area contributed by atoms with Crippen LogP contribution in [0.3, 0.4) is 0 Å². The molecule has 2 unspecified atom stereocenters. The highest BCUT2D eigenvalue weighted by Crippen LogP contribution is 2.54. The smallest absolute Gasteiger partial charge is 0.143 e. The van der Waals surface area contributed by atoms with Gasteiger partial charge in [-0.3, -0.25) is 4.90 Å². The van der Waals surface area contributed by atoms with Crippen molar-refractivity contribution in [2.24, 2.45) is 0 Å². The predicted molar refractivity (Wildman–Crippen MR) is 98.4 cm³/mol. The predicted octanol–water partition coefficient (Wildman–Crippen LogP) is 4.73. The van der Waals surface area contributed by atoms with Gasteiger partial charge in [-0.2, -0.15) is 0 Å². The van der Waals surface area contributed by atoms with Crippen molar-refractivity contribution in [1.82, 2.24) is 4.90 Å². The lowest BCUT2D eigenvalue weighted by atomic mass is 9.74. The molecule has 0 radical (unpaired) electrons. The zero-order valence-corrected chi connectivity index (χ0v) is 14.5. The molecule has 2 aromatic carbocycles. The highest BCUT2D eigenvalue weighted by Gasteiger charge is 2.52. The normalized spacial score (nSPS) is 25.5. The molecule has 4 rings (SSSR count). The summed E-state index contributed by atoms with van der Waals surface area (Å²) in [5.41, 5.74) is 3.86. The summed E-state index contributed by atoms with van der Waals surface area (Å²) in [6, 6.07) is 19.4. The molecular weight excluding hydrogens is 294 g/mol. The number of allylic oxidation sites excluding steroid dienone is 1. The van der Waals surface area contributed by atoms with E-state index in [0.717, 1.165) is 31.8 Å². The lowest BCUT2D eigenvalue weighted by Crippen LogP contribution is -2.49. The van der Waals surface area contributed by atoms with Crippen molar-refractivity contribution in [2.75, 3.05) is 19.6 Å². The monoisotopic (exact) mass is 319 g/mol. The van der Waals surface area contributed by atoms with Crippen LogP contribution in [0.4, 0.5) is 0 Å². The summed E-state index contributed by atoms with van der Waals surface area (Å²) in [6.45, 7) is 7.50. The molecule has 0 aromatic heterocycles. The molecule has 124 valence electrons. The van der Waals surface area contributed by atoms with E-state index in [9.17, 15) is 0 Å². The molecule has 1 saturated heterocycles. The van der Waals surface area contributed by atoms with Gasteiger partial charge >= 0.3 is 0 Å². The van der Waals surface area contributed by atoms with Gasteiger partial charge in [0, 0.05) is 37.5 Å².